The van der Waals surface area contributed by atoms with Crippen LogP contribution in [0.15, 0.2) is 60.8 Å². The molecule has 9 nitrogen and oxygen atoms in total. The molecule has 2 amide bonds. The number of hydrogen-bond acceptors (Lipinski definition) is 6. The van der Waals surface area contributed by atoms with Crippen LogP contribution in [0.1, 0.15) is 32.0 Å². The first-order chi connectivity index (χ1) is 15.0. The first-order valence-corrected chi connectivity index (χ1v) is 9.49. The molecule has 1 aliphatic heterocycles. The highest BCUT2D eigenvalue weighted by molar-refractivity contribution is 6.37. The third-order valence-electron chi connectivity index (χ3n) is 5.28. The molecule has 9 heteroatoms. The molecule has 0 N–H and O–H groups in total. The van der Waals surface area contributed by atoms with Crippen LogP contribution in [0.3, 0.4) is 0 Å². The molecule has 3 heterocycles. The molecular formula is C22H15N5O4. The van der Waals surface area contributed by atoms with Crippen LogP contribution in [0.25, 0.3) is 11.0 Å². The summed E-state index contributed by atoms with van der Waals surface area (Å²) in [7, 11) is 0. The quantitative estimate of drug-likeness (QED) is 0.288. The van der Waals surface area contributed by atoms with Gasteiger partial charge in [-0.3, -0.25) is 19.7 Å². The highest BCUT2D eigenvalue weighted by atomic mass is 16.6. The summed E-state index contributed by atoms with van der Waals surface area (Å²) in [5, 5.41) is 16.4. The Morgan fingerprint density at radius 2 is 1.71 bits per heavy atom. The zero-order valence-corrected chi connectivity index (χ0v) is 16.3. The Morgan fingerprint density at radius 3 is 2.45 bits per heavy atom. The van der Waals surface area contributed by atoms with Crippen molar-refractivity contribution in [2.24, 2.45) is 0 Å². The monoisotopic (exact) mass is 413 g/mol. The van der Waals surface area contributed by atoms with Crippen molar-refractivity contribution in [3.63, 3.8) is 0 Å². The summed E-state index contributed by atoms with van der Waals surface area (Å²) in [5.74, 6) is -1.26. The fourth-order valence-electron chi connectivity index (χ4n) is 3.92. The third kappa shape index (κ3) is 2.78. The number of benzene rings is 2. The molecule has 0 spiro atoms. The molecule has 0 atom stereocenters. The zero-order chi connectivity index (χ0) is 21.7. The number of para-hydroxylation sites is 2. The van der Waals surface area contributed by atoms with Gasteiger partial charge in [-0.15, -0.1) is 0 Å². The van der Waals surface area contributed by atoms with Gasteiger partial charge in [0, 0.05) is 12.3 Å². The number of nitrogens with zero attached hydrogens (tertiary/aromatic N) is 5. The number of carbonyl (C=O) groups is 2. The first-order valence-electron chi connectivity index (χ1n) is 9.49. The Bertz CT molecular complexity index is 1390. The highest BCUT2D eigenvalue weighted by Gasteiger charge is 2.42. The Hall–Kier alpha value is -4.40. The Balaban J connectivity index is 1.66. The lowest BCUT2D eigenvalue weighted by molar-refractivity contribution is -0.384. The van der Waals surface area contributed by atoms with Crippen molar-refractivity contribution in [1.29, 1.82) is 0 Å². The van der Waals surface area contributed by atoms with E-state index in [1.54, 1.807) is 17.7 Å². The van der Waals surface area contributed by atoms with E-state index in [0.717, 1.165) is 10.5 Å². The van der Waals surface area contributed by atoms with Gasteiger partial charge in [-0.1, -0.05) is 42.5 Å². The minimum absolute atomic E-state index is 0.0684. The predicted molar refractivity (Wildman–Crippen MR) is 112 cm³/mol. The number of pyridine rings is 1. The van der Waals surface area contributed by atoms with E-state index < -0.39 is 16.7 Å². The number of amides is 2. The van der Waals surface area contributed by atoms with Gasteiger partial charge in [0.05, 0.1) is 33.7 Å². The van der Waals surface area contributed by atoms with Crippen molar-refractivity contribution in [2.45, 2.75) is 13.5 Å². The molecule has 5 rings (SSSR count). The van der Waals surface area contributed by atoms with Crippen molar-refractivity contribution in [3.05, 3.63) is 93.3 Å². The summed E-state index contributed by atoms with van der Waals surface area (Å²) in [6.45, 7) is 2.20. The lowest BCUT2D eigenvalue weighted by atomic mass is 10.1. The van der Waals surface area contributed by atoms with Gasteiger partial charge in [-0.2, -0.15) is 5.10 Å². The van der Waals surface area contributed by atoms with Crippen LogP contribution in [0.4, 0.5) is 11.4 Å². The molecule has 31 heavy (non-hydrogen) atoms. The third-order valence-corrected chi connectivity index (χ3v) is 5.28. The van der Waals surface area contributed by atoms with Crippen LogP contribution in [0.2, 0.25) is 0 Å². The molecule has 0 saturated carbocycles. The van der Waals surface area contributed by atoms with Crippen LogP contribution in [-0.4, -0.2) is 31.5 Å². The van der Waals surface area contributed by atoms with Crippen molar-refractivity contribution < 1.29 is 14.5 Å². The van der Waals surface area contributed by atoms with Crippen molar-refractivity contribution in [3.8, 4) is 0 Å². The second kappa shape index (κ2) is 6.84. The number of fused-ring (bicyclic) bond motifs is 3. The second-order valence-electron chi connectivity index (χ2n) is 7.17. The molecule has 0 saturated heterocycles. The molecule has 2 aromatic carbocycles. The highest BCUT2D eigenvalue weighted by Crippen LogP contribution is 2.37. The molecule has 0 bridgehead atoms. The maximum atomic E-state index is 13.3. The minimum Gasteiger partial charge on any atom is -0.268 e. The van der Waals surface area contributed by atoms with Crippen LogP contribution >= 0.6 is 0 Å². The molecule has 0 unspecified atom stereocenters. The predicted octanol–water partition coefficient (Wildman–Crippen LogP) is 3.50. The molecule has 0 radical (unpaired) electrons. The SMILES string of the molecule is Cc1nn(Cc2ccccc2)c2ncc3c(c12)C(=O)N(c1ccccc1[N+](=O)[O-])C3=O. The van der Waals surface area contributed by atoms with E-state index in [4.69, 9.17) is 0 Å². The normalized spacial score (nSPS) is 13.1. The molecule has 2 aromatic heterocycles. The summed E-state index contributed by atoms with van der Waals surface area (Å²) in [4.78, 5) is 42.5. The van der Waals surface area contributed by atoms with Gasteiger partial charge in [0.1, 0.15) is 5.69 Å². The average molecular weight is 413 g/mol. The van der Waals surface area contributed by atoms with Crippen LogP contribution in [-0.2, 0) is 6.54 Å². The molecule has 4 aromatic rings. The average Bonchev–Trinajstić information content (AvgIpc) is 3.22. The summed E-state index contributed by atoms with van der Waals surface area (Å²) >= 11 is 0. The fourth-order valence-corrected chi connectivity index (χ4v) is 3.92. The summed E-state index contributed by atoms with van der Waals surface area (Å²) in [6.07, 6.45) is 1.34. The summed E-state index contributed by atoms with van der Waals surface area (Å²) in [6, 6.07) is 15.4. The fraction of sp³-hybridized carbons (Fsp3) is 0.0909. The van der Waals surface area contributed by atoms with Gasteiger partial charge >= 0.3 is 0 Å². The van der Waals surface area contributed by atoms with Gasteiger partial charge in [-0.05, 0) is 18.6 Å². The van der Waals surface area contributed by atoms with Crippen LogP contribution in [0.5, 0.6) is 0 Å². The smallest absolute Gasteiger partial charge is 0.268 e. The zero-order valence-electron chi connectivity index (χ0n) is 16.3. The number of rotatable bonds is 4. The van der Waals surface area contributed by atoms with Crippen LogP contribution < -0.4 is 4.90 Å². The van der Waals surface area contributed by atoms with Gasteiger partial charge in [-0.25, -0.2) is 14.6 Å². The van der Waals surface area contributed by atoms with Crippen molar-refractivity contribution in [1.82, 2.24) is 14.8 Å². The number of nitro groups is 1. The lowest BCUT2D eigenvalue weighted by Gasteiger charge is -2.13. The summed E-state index contributed by atoms with van der Waals surface area (Å²) < 4.78 is 1.69. The van der Waals surface area contributed by atoms with Gasteiger partial charge in [0.2, 0.25) is 0 Å². The Labute approximate surface area is 175 Å². The molecule has 0 fully saturated rings. The van der Waals surface area contributed by atoms with E-state index in [0.29, 0.717) is 23.3 Å². The standard InChI is InChI=1S/C22H15N5O4/c1-13-18-19-15(11-23-20(18)25(24-13)12-14-7-3-2-4-8-14)21(28)26(22(19)29)16-9-5-6-10-17(16)27(30)31/h2-11H,12H2,1H3. The van der Waals surface area contributed by atoms with E-state index in [1.807, 2.05) is 30.3 Å². The molecule has 152 valence electrons. The van der Waals surface area contributed by atoms with E-state index in [1.165, 1.54) is 24.4 Å². The Morgan fingerprint density at radius 1 is 1.00 bits per heavy atom. The van der Waals surface area contributed by atoms with E-state index in [2.05, 4.69) is 10.1 Å². The number of nitro benzene ring substituents is 1. The van der Waals surface area contributed by atoms with Gasteiger partial charge in [0.15, 0.2) is 5.65 Å². The first kappa shape index (κ1) is 18.6. The number of anilines is 1. The number of aromatic nitrogens is 3. The van der Waals surface area contributed by atoms with Gasteiger partial charge in [0.25, 0.3) is 17.5 Å². The molecular weight excluding hydrogens is 398 g/mol. The van der Waals surface area contributed by atoms with Crippen molar-refractivity contribution >= 4 is 34.2 Å². The van der Waals surface area contributed by atoms with E-state index >= 15 is 0 Å². The number of hydrogen-bond donors (Lipinski definition) is 0. The van der Waals surface area contributed by atoms with Gasteiger partial charge < -0.3 is 0 Å². The number of imide groups is 1. The van der Waals surface area contributed by atoms with E-state index in [-0.39, 0.29) is 22.5 Å². The maximum Gasteiger partial charge on any atom is 0.293 e. The minimum atomic E-state index is -0.640. The second-order valence-corrected chi connectivity index (χ2v) is 7.17. The number of carbonyl (C=O) groups excluding carboxylic acids is 2. The maximum absolute atomic E-state index is 13.3. The van der Waals surface area contributed by atoms with Crippen molar-refractivity contribution in [2.75, 3.05) is 4.90 Å². The summed E-state index contributed by atoms with van der Waals surface area (Å²) in [5.41, 5.74) is 1.94. The molecule has 0 aliphatic carbocycles. The number of aryl methyl sites for hydroxylation is 1. The van der Waals surface area contributed by atoms with E-state index in [9.17, 15) is 19.7 Å². The largest absolute Gasteiger partial charge is 0.293 e. The molecule has 1 aliphatic rings. The Kier molecular flexibility index (Phi) is 4.11. The topological polar surface area (TPSA) is 111 Å². The lowest BCUT2D eigenvalue weighted by Crippen LogP contribution is -2.30. The van der Waals surface area contributed by atoms with Crippen LogP contribution in [0, 0.1) is 17.0 Å².